The second-order valence-electron chi connectivity index (χ2n) is 1.55. The molecule has 0 aromatic carbocycles. The van der Waals surface area contributed by atoms with Crippen molar-refractivity contribution in [2.24, 2.45) is 0 Å². The maximum Gasteiger partial charge on any atom is 0.276 e. The third-order valence-electron chi connectivity index (χ3n) is 1.02. The van der Waals surface area contributed by atoms with Crippen molar-refractivity contribution >= 4 is 0 Å². The van der Waals surface area contributed by atoms with Gasteiger partial charge in [-0.05, 0) is 0 Å². The van der Waals surface area contributed by atoms with E-state index in [1.807, 2.05) is 4.57 Å². The van der Waals surface area contributed by atoms with E-state index in [9.17, 15) is 0 Å². The van der Waals surface area contributed by atoms with E-state index in [0.29, 0.717) is 0 Å². The first-order valence-electron chi connectivity index (χ1n) is 2.15. The molecule has 1 aromatic heterocycles. The lowest BCUT2D eigenvalue weighted by Crippen LogP contribution is -2.09. The standard InChI is InChI=1S/C4H4N3/c1-4-6-2-5-3-7(1)4/h2-3H,1H2/q+1. The van der Waals surface area contributed by atoms with E-state index in [2.05, 4.69) is 9.97 Å². The summed E-state index contributed by atoms with van der Waals surface area (Å²) < 4.78 is 1.99. The molecule has 1 aromatic rings. The summed E-state index contributed by atoms with van der Waals surface area (Å²) in [6, 6.07) is 0. The Balaban J connectivity index is 2.73. The van der Waals surface area contributed by atoms with Gasteiger partial charge in [0.15, 0.2) is 6.54 Å². The highest BCUT2D eigenvalue weighted by Crippen LogP contribution is 1.93. The Labute approximate surface area is 40.7 Å². The minimum Gasteiger partial charge on any atom is -0.224 e. The monoisotopic (exact) mass is 94.0 g/mol. The Kier molecular flexibility index (Phi) is 0.353. The number of rotatable bonds is 0. The van der Waals surface area contributed by atoms with Crippen LogP contribution in [0.25, 0.3) is 0 Å². The van der Waals surface area contributed by atoms with E-state index in [0.717, 1.165) is 12.4 Å². The molecule has 7 heavy (non-hydrogen) atoms. The van der Waals surface area contributed by atoms with Gasteiger partial charge in [-0.15, -0.1) is 0 Å². The average molecular weight is 94.1 g/mol. The van der Waals surface area contributed by atoms with Gasteiger partial charge < -0.3 is 0 Å². The number of fused-ring (bicyclic) bond motifs is 1. The second-order valence-corrected chi connectivity index (χ2v) is 1.55. The van der Waals surface area contributed by atoms with Crippen LogP contribution in [0.2, 0.25) is 0 Å². The van der Waals surface area contributed by atoms with Gasteiger partial charge in [-0.2, -0.15) is 0 Å². The molecule has 0 fully saturated rings. The SMILES string of the molecule is c1nc[n+]2c(n1)C2. The van der Waals surface area contributed by atoms with E-state index in [1.165, 1.54) is 0 Å². The van der Waals surface area contributed by atoms with Crippen molar-refractivity contribution in [3.05, 3.63) is 18.5 Å². The molecule has 2 rings (SSSR count). The van der Waals surface area contributed by atoms with Crippen molar-refractivity contribution in [3.8, 4) is 0 Å². The van der Waals surface area contributed by atoms with Crippen molar-refractivity contribution in [2.75, 3.05) is 0 Å². The number of hydrogen-bond acceptors (Lipinski definition) is 2. The normalized spacial score (nSPS) is 13.1. The Morgan fingerprint density at radius 2 is 2.71 bits per heavy atom. The topological polar surface area (TPSA) is 29.7 Å². The molecule has 34 valence electrons. The third kappa shape index (κ3) is 0.315. The van der Waals surface area contributed by atoms with Gasteiger partial charge >= 0.3 is 0 Å². The highest BCUT2D eigenvalue weighted by atomic mass is 15.2. The van der Waals surface area contributed by atoms with Gasteiger partial charge in [0.1, 0.15) is 0 Å². The van der Waals surface area contributed by atoms with Gasteiger partial charge in [0.05, 0.1) is 0 Å². The zero-order valence-corrected chi connectivity index (χ0v) is 3.70. The minimum atomic E-state index is 0.986. The highest BCUT2D eigenvalue weighted by Gasteiger charge is 2.24. The van der Waals surface area contributed by atoms with Crippen molar-refractivity contribution < 1.29 is 4.57 Å². The molecule has 0 N–H and O–H groups in total. The van der Waals surface area contributed by atoms with Crippen molar-refractivity contribution in [3.63, 3.8) is 0 Å². The molecule has 0 unspecified atom stereocenters. The van der Waals surface area contributed by atoms with Gasteiger partial charge in [0.2, 0.25) is 6.33 Å². The van der Waals surface area contributed by atoms with Crippen LogP contribution in [-0.4, -0.2) is 9.97 Å². The largest absolute Gasteiger partial charge is 0.276 e. The van der Waals surface area contributed by atoms with Crippen molar-refractivity contribution in [2.45, 2.75) is 6.54 Å². The quantitative estimate of drug-likeness (QED) is 0.397. The smallest absolute Gasteiger partial charge is 0.224 e. The lowest BCUT2D eigenvalue weighted by molar-refractivity contribution is -0.577. The zero-order chi connectivity index (χ0) is 4.69. The molecule has 0 aliphatic carbocycles. The van der Waals surface area contributed by atoms with Crippen LogP contribution in [-0.2, 0) is 6.54 Å². The predicted octanol–water partition coefficient (Wildman–Crippen LogP) is -0.874. The molecule has 0 atom stereocenters. The van der Waals surface area contributed by atoms with Crippen LogP contribution >= 0.6 is 0 Å². The van der Waals surface area contributed by atoms with Crippen LogP contribution in [0.5, 0.6) is 0 Å². The summed E-state index contributed by atoms with van der Waals surface area (Å²) in [6.45, 7) is 0.986. The van der Waals surface area contributed by atoms with E-state index in [1.54, 1.807) is 12.7 Å². The predicted molar refractivity (Wildman–Crippen MR) is 21.3 cm³/mol. The van der Waals surface area contributed by atoms with Crippen LogP contribution in [0, 0.1) is 0 Å². The molecule has 2 heterocycles. The summed E-state index contributed by atoms with van der Waals surface area (Å²) in [5.74, 6) is 1.13. The number of aromatic nitrogens is 3. The molecule has 0 amide bonds. The van der Waals surface area contributed by atoms with E-state index in [-0.39, 0.29) is 0 Å². The molecule has 0 saturated carbocycles. The summed E-state index contributed by atoms with van der Waals surface area (Å²) in [6.07, 6.45) is 3.35. The van der Waals surface area contributed by atoms with E-state index in [4.69, 9.17) is 0 Å². The lowest BCUT2D eigenvalue weighted by Gasteiger charge is -1.59. The molecule has 3 nitrogen and oxygen atoms in total. The molecule has 0 radical (unpaired) electrons. The summed E-state index contributed by atoms with van der Waals surface area (Å²) in [4.78, 5) is 7.71. The van der Waals surface area contributed by atoms with Crippen molar-refractivity contribution in [1.82, 2.24) is 9.97 Å². The highest BCUT2D eigenvalue weighted by molar-refractivity contribution is 4.76. The van der Waals surface area contributed by atoms with Crippen LogP contribution < -0.4 is 4.57 Å². The zero-order valence-electron chi connectivity index (χ0n) is 3.70. The van der Waals surface area contributed by atoms with E-state index < -0.39 is 0 Å². The maximum atomic E-state index is 3.92. The van der Waals surface area contributed by atoms with Crippen LogP contribution in [0.4, 0.5) is 0 Å². The van der Waals surface area contributed by atoms with E-state index >= 15 is 0 Å². The molecular formula is C4H4N3+. The van der Waals surface area contributed by atoms with Gasteiger partial charge in [-0.25, -0.2) is 4.57 Å². The Morgan fingerprint density at radius 3 is 3.29 bits per heavy atom. The second kappa shape index (κ2) is 0.804. The number of hydrogen-bond donors (Lipinski definition) is 0. The van der Waals surface area contributed by atoms with Crippen molar-refractivity contribution in [1.29, 1.82) is 0 Å². The summed E-state index contributed by atoms with van der Waals surface area (Å²) >= 11 is 0. The van der Waals surface area contributed by atoms with Gasteiger partial charge in [0.25, 0.3) is 12.2 Å². The van der Waals surface area contributed by atoms with Crippen LogP contribution in [0.3, 0.4) is 0 Å². The van der Waals surface area contributed by atoms with Gasteiger partial charge in [0, 0.05) is 0 Å². The summed E-state index contributed by atoms with van der Waals surface area (Å²) in [7, 11) is 0. The van der Waals surface area contributed by atoms with Gasteiger partial charge in [-0.1, -0.05) is 9.97 Å². The molecule has 3 heteroatoms. The maximum absolute atomic E-state index is 3.92. The Hall–Kier alpha value is -0.990. The fourth-order valence-electron chi connectivity index (χ4n) is 0.550. The Bertz CT molecular complexity index is 175. The van der Waals surface area contributed by atoms with Gasteiger partial charge in [-0.3, -0.25) is 0 Å². The first-order valence-corrected chi connectivity index (χ1v) is 2.15. The van der Waals surface area contributed by atoms with Crippen LogP contribution in [0.1, 0.15) is 5.82 Å². The lowest BCUT2D eigenvalue weighted by atomic mass is 10.9. The number of nitrogens with zero attached hydrogens (tertiary/aromatic N) is 3. The first-order chi connectivity index (χ1) is 3.47. The Morgan fingerprint density at radius 1 is 1.71 bits per heavy atom. The first kappa shape index (κ1) is 3.07. The fraction of sp³-hybridized carbons (Fsp3) is 0.250. The molecule has 0 bridgehead atoms. The summed E-state index contributed by atoms with van der Waals surface area (Å²) in [5.41, 5.74) is 0. The third-order valence-corrected chi connectivity index (χ3v) is 1.02. The summed E-state index contributed by atoms with van der Waals surface area (Å²) in [5, 5.41) is 0. The average Bonchev–Trinajstić information content (AvgIpc) is 2.41. The molecular weight excluding hydrogens is 90.1 g/mol. The molecule has 1 aliphatic rings. The molecule has 0 spiro atoms. The molecule has 1 aliphatic heterocycles. The minimum absolute atomic E-state index is 0.986. The molecule has 0 saturated heterocycles. The fourth-order valence-corrected chi connectivity index (χ4v) is 0.550. The van der Waals surface area contributed by atoms with Crippen LogP contribution in [0.15, 0.2) is 12.7 Å².